The molecule has 2 aliphatic rings. The first kappa shape index (κ1) is 18.6. The summed E-state index contributed by atoms with van der Waals surface area (Å²) in [5.74, 6) is -1.95. The first-order chi connectivity index (χ1) is 13.5. The molecule has 6 heteroatoms. The van der Waals surface area contributed by atoms with Crippen molar-refractivity contribution in [1.29, 1.82) is 0 Å². The summed E-state index contributed by atoms with van der Waals surface area (Å²) in [5, 5.41) is 9.71. The molecule has 1 spiro atoms. The smallest absolute Gasteiger partial charge is 0.308 e. The predicted molar refractivity (Wildman–Crippen MR) is 101 cm³/mol. The number of carbonyl (C=O) groups excluding carboxylic acids is 1. The maximum Gasteiger partial charge on any atom is 0.308 e. The van der Waals surface area contributed by atoms with Gasteiger partial charge >= 0.3 is 5.97 Å². The monoisotopic (exact) mass is 383 g/mol. The van der Waals surface area contributed by atoms with Gasteiger partial charge in [-0.2, -0.15) is 0 Å². The Kier molecular flexibility index (Phi) is 4.89. The molecule has 1 atom stereocenters. The van der Waals surface area contributed by atoms with Crippen molar-refractivity contribution in [2.45, 2.75) is 12.8 Å². The fourth-order valence-corrected chi connectivity index (χ4v) is 4.43. The van der Waals surface area contributed by atoms with Gasteiger partial charge in [0.25, 0.3) is 5.91 Å². The summed E-state index contributed by atoms with van der Waals surface area (Å²) in [6, 6.07) is 13.3. The van der Waals surface area contributed by atoms with E-state index in [2.05, 4.69) is 0 Å². The molecule has 1 amide bonds. The Bertz CT molecular complexity index is 907. The van der Waals surface area contributed by atoms with E-state index in [0.29, 0.717) is 43.7 Å². The molecular weight excluding hydrogens is 361 g/mol. The summed E-state index contributed by atoms with van der Waals surface area (Å²) >= 11 is 0. The lowest BCUT2D eigenvalue weighted by molar-refractivity contribution is -0.146. The fraction of sp³-hybridized carbons (Fsp3) is 0.364. The zero-order valence-electron chi connectivity index (χ0n) is 15.4. The van der Waals surface area contributed by atoms with Gasteiger partial charge in [-0.25, -0.2) is 4.39 Å². The van der Waals surface area contributed by atoms with Crippen molar-refractivity contribution in [3.8, 4) is 11.1 Å². The molecule has 1 unspecified atom stereocenters. The highest BCUT2D eigenvalue weighted by Crippen LogP contribution is 2.44. The third-order valence-corrected chi connectivity index (χ3v) is 5.99. The lowest BCUT2D eigenvalue weighted by atomic mass is 9.72. The van der Waals surface area contributed by atoms with Crippen molar-refractivity contribution in [3.63, 3.8) is 0 Å². The van der Waals surface area contributed by atoms with Crippen LogP contribution in [0, 0.1) is 17.2 Å². The highest BCUT2D eigenvalue weighted by atomic mass is 19.1. The van der Waals surface area contributed by atoms with E-state index in [1.807, 2.05) is 6.07 Å². The number of hydrogen-bond donors (Lipinski definition) is 1. The molecule has 0 bridgehead atoms. The zero-order chi connectivity index (χ0) is 19.7. The third kappa shape index (κ3) is 3.40. The first-order valence-corrected chi connectivity index (χ1v) is 9.44. The number of likely N-dealkylation sites (tertiary alicyclic amines) is 1. The maximum atomic E-state index is 13.5. The van der Waals surface area contributed by atoms with Gasteiger partial charge in [0.1, 0.15) is 5.82 Å². The van der Waals surface area contributed by atoms with Crippen LogP contribution in [0.3, 0.4) is 0 Å². The number of benzene rings is 2. The minimum absolute atomic E-state index is 0.187. The molecule has 4 rings (SSSR count). The fourth-order valence-electron chi connectivity index (χ4n) is 4.43. The molecule has 2 saturated heterocycles. The standard InChI is InChI=1S/C22H22FNO4/c23-18-6-2-4-16(12-18)15-3-1-5-17(11-15)20(25)24-13-19(21(26)27)22(14-24)7-9-28-10-8-22/h1-6,11-12,19H,7-10,13-14H2,(H,26,27). The number of carboxylic acids is 1. The van der Waals surface area contributed by atoms with Gasteiger partial charge in [0.05, 0.1) is 5.92 Å². The summed E-state index contributed by atoms with van der Waals surface area (Å²) < 4.78 is 18.9. The van der Waals surface area contributed by atoms with Crippen molar-refractivity contribution in [1.82, 2.24) is 4.90 Å². The summed E-state index contributed by atoms with van der Waals surface area (Å²) in [6.45, 7) is 1.69. The second-order valence-corrected chi connectivity index (χ2v) is 7.64. The van der Waals surface area contributed by atoms with Gasteiger partial charge in [-0.05, 0) is 48.2 Å². The van der Waals surface area contributed by atoms with Crippen LogP contribution in [0.2, 0.25) is 0 Å². The molecule has 5 nitrogen and oxygen atoms in total. The van der Waals surface area contributed by atoms with E-state index >= 15 is 0 Å². The molecule has 28 heavy (non-hydrogen) atoms. The third-order valence-electron chi connectivity index (χ3n) is 5.99. The van der Waals surface area contributed by atoms with Crippen LogP contribution in [0.5, 0.6) is 0 Å². The van der Waals surface area contributed by atoms with Crippen LogP contribution in [0.4, 0.5) is 4.39 Å². The van der Waals surface area contributed by atoms with E-state index in [9.17, 15) is 19.1 Å². The van der Waals surface area contributed by atoms with E-state index < -0.39 is 17.3 Å². The van der Waals surface area contributed by atoms with Crippen LogP contribution in [-0.2, 0) is 9.53 Å². The van der Waals surface area contributed by atoms with Crippen LogP contribution in [0.25, 0.3) is 11.1 Å². The largest absolute Gasteiger partial charge is 0.481 e. The molecule has 2 aliphatic heterocycles. The number of amides is 1. The van der Waals surface area contributed by atoms with Gasteiger partial charge in [-0.15, -0.1) is 0 Å². The van der Waals surface area contributed by atoms with E-state index in [1.165, 1.54) is 12.1 Å². The quantitative estimate of drug-likeness (QED) is 0.882. The number of carbonyl (C=O) groups is 2. The maximum absolute atomic E-state index is 13.5. The number of nitrogens with zero attached hydrogens (tertiary/aromatic N) is 1. The number of aliphatic carboxylic acids is 1. The average Bonchev–Trinajstić information content (AvgIpc) is 3.07. The van der Waals surface area contributed by atoms with Crippen molar-refractivity contribution < 1.29 is 23.8 Å². The number of ether oxygens (including phenoxy) is 1. The van der Waals surface area contributed by atoms with Crippen LogP contribution < -0.4 is 0 Å². The summed E-state index contributed by atoms with van der Waals surface area (Å²) in [7, 11) is 0. The van der Waals surface area contributed by atoms with Gasteiger partial charge in [-0.1, -0.05) is 24.3 Å². The minimum atomic E-state index is -0.856. The van der Waals surface area contributed by atoms with Gasteiger partial charge in [-0.3, -0.25) is 9.59 Å². The highest BCUT2D eigenvalue weighted by molar-refractivity contribution is 5.96. The Hall–Kier alpha value is -2.73. The Balaban J connectivity index is 1.60. The van der Waals surface area contributed by atoms with Crippen LogP contribution >= 0.6 is 0 Å². The molecule has 1 N–H and O–H groups in total. The van der Waals surface area contributed by atoms with E-state index in [1.54, 1.807) is 35.2 Å². The normalized spacial score (nSPS) is 21.0. The summed E-state index contributed by atoms with van der Waals surface area (Å²) in [5.41, 5.74) is 1.51. The van der Waals surface area contributed by atoms with Crippen LogP contribution in [0.15, 0.2) is 48.5 Å². The minimum Gasteiger partial charge on any atom is -0.481 e. The Morgan fingerprint density at radius 2 is 1.75 bits per heavy atom. The lowest BCUT2D eigenvalue weighted by Gasteiger charge is -2.36. The molecule has 0 radical (unpaired) electrons. The second kappa shape index (κ2) is 7.36. The van der Waals surface area contributed by atoms with E-state index in [0.717, 1.165) is 5.56 Å². The molecule has 146 valence electrons. The lowest BCUT2D eigenvalue weighted by Crippen LogP contribution is -2.40. The van der Waals surface area contributed by atoms with Crippen molar-refractivity contribution in [3.05, 3.63) is 59.9 Å². The molecule has 2 heterocycles. The zero-order valence-corrected chi connectivity index (χ0v) is 15.4. The average molecular weight is 383 g/mol. The Morgan fingerprint density at radius 3 is 2.43 bits per heavy atom. The number of carboxylic acid groups (broad SMARTS) is 1. The van der Waals surface area contributed by atoms with Crippen molar-refractivity contribution >= 4 is 11.9 Å². The van der Waals surface area contributed by atoms with Crippen LogP contribution in [0.1, 0.15) is 23.2 Å². The highest BCUT2D eigenvalue weighted by Gasteiger charge is 2.52. The second-order valence-electron chi connectivity index (χ2n) is 7.64. The molecular formula is C22H22FNO4. The predicted octanol–water partition coefficient (Wildman–Crippen LogP) is 3.45. The van der Waals surface area contributed by atoms with Gasteiger partial charge in [0, 0.05) is 37.3 Å². The van der Waals surface area contributed by atoms with Crippen LogP contribution in [-0.4, -0.2) is 48.2 Å². The SMILES string of the molecule is O=C(O)C1CN(C(=O)c2cccc(-c3cccc(F)c3)c2)CC12CCOCC2. The molecule has 0 saturated carbocycles. The van der Waals surface area contributed by atoms with Gasteiger partial charge < -0.3 is 14.7 Å². The van der Waals surface area contributed by atoms with Gasteiger partial charge in [0.2, 0.25) is 0 Å². The number of rotatable bonds is 3. The molecule has 2 fully saturated rings. The van der Waals surface area contributed by atoms with E-state index in [-0.39, 0.29) is 18.3 Å². The van der Waals surface area contributed by atoms with E-state index in [4.69, 9.17) is 4.74 Å². The molecule has 0 aliphatic carbocycles. The molecule has 2 aromatic rings. The Morgan fingerprint density at radius 1 is 1.07 bits per heavy atom. The summed E-state index contributed by atoms with van der Waals surface area (Å²) in [4.78, 5) is 26.6. The number of halogens is 1. The number of hydrogen-bond acceptors (Lipinski definition) is 3. The topological polar surface area (TPSA) is 66.8 Å². The Labute approximate surface area is 162 Å². The summed E-state index contributed by atoms with van der Waals surface area (Å²) in [6.07, 6.45) is 1.30. The van der Waals surface area contributed by atoms with Crippen molar-refractivity contribution in [2.75, 3.05) is 26.3 Å². The van der Waals surface area contributed by atoms with Crippen molar-refractivity contribution in [2.24, 2.45) is 11.3 Å². The first-order valence-electron chi connectivity index (χ1n) is 9.44. The van der Waals surface area contributed by atoms with Gasteiger partial charge in [0.15, 0.2) is 0 Å². The molecule has 2 aromatic carbocycles. The molecule has 0 aromatic heterocycles.